The van der Waals surface area contributed by atoms with Crippen LogP contribution in [0.1, 0.15) is 24.0 Å². The molecule has 1 aliphatic heterocycles. The molecule has 2 aromatic rings. The number of esters is 1. The van der Waals surface area contributed by atoms with Crippen molar-refractivity contribution in [3.63, 3.8) is 0 Å². The molecule has 5 nitrogen and oxygen atoms in total. The fraction of sp³-hybridized carbons (Fsp3) is 0.211. The Kier molecular flexibility index (Phi) is 4.42. The first-order valence-corrected chi connectivity index (χ1v) is 7.80. The second-order valence-electron chi connectivity index (χ2n) is 5.70. The van der Waals surface area contributed by atoms with Gasteiger partial charge in [0.1, 0.15) is 11.5 Å². The summed E-state index contributed by atoms with van der Waals surface area (Å²) < 4.78 is 5.53. The van der Waals surface area contributed by atoms with Gasteiger partial charge in [0.05, 0.1) is 5.69 Å². The lowest BCUT2D eigenvalue weighted by atomic mass is 10.1. The number of hydrogen-bond acceptors (Lipinski definition) is 4. The number of rotatable bonds is 3. The first-order valence-electron chi connectivity index (χ1n) is 7.80. The Morgan fingerprint density at radius 2 is 1.67 bits per heavy atom. The van der Waals surface area contributed by atoms with Gasteiger partial charge in [-0.1, -0.05) is 36.4 Å². The zero-order valence-electron chi connectivity index (χ0n) is 13.7. The van der Waals surface area contributed by atoms with Crippen LogP contribution < -0.4 is 9.75 Å². The molecule has 5 heteroatoms. The van der Waals surface area contributed by atoms with Crippen molar-refractivity contribution in [1.29, 1.82) is 0 Å². The van der Waals surface area contributed by atoms with Gasteiger partial charge in [-0.25, -0.2) is 9.80 Å². The van der Waals surface area contributed by atoms with E-state index in [9.17, 15) is 9.59 Å². The molecular weight excluding hydrogens is 304 g/mol. The van der Waals surface area contributed by atoms with Crippen molar-refractivity contribution in [2.24, 2.45) is 5.10 Å². The lowest BCUT2D eigenvalue weighted by Gasteiger charge is -2.23. The van der Waals surface area contributed by atoms with Crippen molar-refractivity contribution < 1.29 is 14.3 Å². The van der Waals surface area contributed by atoms with Crippen molar-refractivity contribution in [1.82, 2.24) is 0 Å². The Morgan fingerprint density at radius 1 is 1.00 bits per heavy atom. The van der Waals surface area contributed by atoms with Gasteiger partial charge in [-0.05, 0) is 37.1 Å². The van der Waals surface area contributed by atoms with Crippen molar-refractivity contribution in [2.45, 2.75) is 26.7 Å². The van der Waals surface area contributed by atoms with Crippen LogP contribution >= 0.6 is 0 Å². The molecule has 0 spiro atoms. The highest BCUT2D eigenvalue weighted by atomic mass is 16.5. The van der Waals surface area contributed by atoms with E-state index in [0.29, 0.717) is 11.4 Å². The number of amides is 1. The summed E-state index contributed by atoms with van der Waals surface area (Å²) in [6, 6.07) is 14.7. The van der Waals surface area contributed by atoms with Crippen LogP contribution in [0.2, 0.25) is 0 Å². The van der Waals surface area contributed by atoms with Gasteiger partial charge < -0.3 is 4.74 Å². The maximum atomic E-state index is 12.5. The van der Waals surface area contributed by atoms with Crippen LogP contribution in [-0.2, 0) is 9.59 Å². The lowest BCUT2D eigenvalue weighted by molar-refractivity contribution is -0.127. The predicted molar refractivity (Wildman–Crippen MR) is 92.1 cm³/mol. The second-order valence-corrected chi connectivity index (χ2v) is 5.70. The Bertz CT molecular complexity index is 792. The van der Waals surface area contributed by atoms with E-state index in [1.54, 1.807) is 12.1 Å². The highest BCUT2D eigenvalue weighted by Crippen LogP contribution is 2.24. The fourth-order valence-electron chi connectivity index (χ4n) is 2.58. The maximum Gasteiger partial charge on any atom is 0.359 e. The summed E-state index contributed by atoms with van der Waals surface area (Å²) in [5, 5.41) is 5.48. The number of aryl methyl sites for hydroxylation is 2. The second kappa shape index (κ2) is 6.66. The average molecular weight is 322 g/mol. The summed E-state index contributed by atoms with van der Waals surface area (Å²) in [5.74, 6) is -0.0981. The molecule has 0 saturated heterocycles. The first kappa shape index (κ1) is 15.9. The molecule has 1 amide bonds. The van der Waals surface area contributed by atoms with Crippen LogP contribution in [0.15, 0.2) is 53.6 Å². The summed E-state index contributed by atoms with van der Waals surface area (Å²) in [6.07, 6.45) is 0.515. The zero-order valence-corrected chi connectivity index (χ0v) is 13.7. The van der Waals surface area contributed by atoms with E-state index in [1.807, 2.05) is 50.2 Å². The Labute approximate surface area is 140 Å². The zero-order chi connectivity index (χ0) is 17.1. The molecule has 0 atom stereocenters. The smallest absolute Gasteiger partial charge is 0.359 e. The Balaban J connectivity index is 1.86. The molecule has 122 valence electrons. The molecule has 0 N–H and O–H groups in total. The lowest BCUT2D eigenvalue weighted by Crippen LogP contribution is -2.35. The van der Waals surface area contributed by atoms with E-state index in [4.69, 9.17) is 4.74 Å². The summed E-state index contributed by atoms with van der Waals surface area (Å²) in [4.78, 5) is 24.6. The molecule has 0 aromatic heterocycles. The van der Waals surface area contributed by atoms with Crippen LogP contribution in [0.5, 0.6) is 5.75 Å². The minimum atomic E-state index is -0.513. The molecule has 0 fully saturated rings. The summed E-state index contributed by atoms with van der Waals surface area (Å²) in [7, 11) is 0. The maximum absolute atomic E-state index is 12.5. The van der Waals surface area contributed by atoms with Crippen molar-refractivity contribution in [2.75, 3.05) is 5.01 Å². The summed E-state index contributed by atoms with van der Waals surface area (Å²) in [6.45, 7) is 3.77. The minimum Gasteiger partial charge on any atom is -0.421 e. The third kappa shape index (κ3) is 3.20. The molecule has 0 radical (unpaired) electrons. The highest BCUT2D eigenvalue weighted by Gasteiger charge is 2.27. The van der Waals surface area contributed by atoms with E-state index >= 15 is 0 Å². The molecule has 0 aliphatic carbocycles. The van der Waals surface area contributed by atoms with Crippen LogP contribution in [0.4, 0.5) is 5.69 Å². The van der Waals surface area contributed by atoms with Crippen molar-refractivity contribution in [3.05, 3.63) is 59.7 Å². The van der Waals surface area contributed by atoms with Gasteiger partial charge in [0.25, 0.3) is 0 Å². The normalized spacial score (nSPS) is 14.3. The van der Waals surface area contributed by atoms with E-state index in [0.717, 1.165) is 11.1 Å². The number of nitrogens with zero attached hydrogens (tertiary/aromatic N) is 2. The van der Waals surface area contributed by atoms with Gasteiger partial charge in [0.15, 0.2) is 0 Å². The summed E-state index contributed by atoms with van der Waals surface area (Å²) in [5.41, 5.74) is 2.66. The monoisotopic (exact) mass is 322 g/mol. The first-order chi connectivity index (χ1) is 11.6. The van der Waals surface area contributed by atoms with Crippen LogP contribution in [0, 0.1) is 13.8 Å². The van der Waals surface area contributed by atoms with Gasteiger partial charge in [0, 0.05) is 12.8 Å². The predicted octanol–water partition coefficient (Wildman–Crippen LogP) is 3.39. The molecular formula is C19H18N2O3. The number of hydrogen-bond donors (Lipinski definition) is 0. The number of benzene rings is 2. The van der Waals surface area contributed by atoms with Gasteiger partial charge >= 0.3 is 5.97 Å². The molecule has 1 heterocycles. The number of carbonyl (C=O) groups is 2. The van der Waals surface area contributed by atoms with Crippen LogP contribution in [0.25, 0.3) is 0 Å². The third-order valence-electron chi connectivity index (χ3n) is 3.87. The van der Waals surface area contributed by atoms with Gasteiger partial charge in [-0.2, -0.15) is 5.10 Å². The largest absolute Gasteiger partial charge is 0.421 e. The standard InChI is InChI=1S/C19H18N2O3/c1-13-7-6-8-14(2)18(13)24-19(23)16-11-12-17(22)21(20-16)15-9-4-3-5-10-15/h3-10H,11-12H2,1-2H3. The van der Waals surface area contributed by atoms with E-state index < -0.39 is 5.97 Å². The average Bonchev–Trinajstić information content (AvgIpc) is 2.59. The molecule has 1 aliphatic rings. The van der Waals surface area contributed by atoms with Gasteiger partial charge in [-0.3, -0.25) is 4.79 Å². The molecule has 0 unspecified atom stereocenters. The van der Waals surface area contributed by atoms with E-state index in [1.165, 1.54) is 5.01 Å². The number of para-hydroxylation sites is 2. The number of ether oxygens (including phenoxy) is 1. The molecule has 2 aromatic carbocycles. The fourth-order valence-corrected chi connectivity index (χ4v) is 2.58. The topological polar surface area (TPSA) is 59.0 Å². The third-order valence-corrected chi connectivity index (χ3v) is 3.87. The number of hydrazone groups is 1. The molecule has 0 bridgehead atoms. The molecule has 0 saturated carbocycles. The Morgan fingerprint density at radius 3 is 2.33 bits per heavy atom. The quantitative estimate of drug-likeness (QED) is 0.643. The minimum absolute atomic E-state index is 0.134. The summed E-state index contributed by atoms with van der Waals surface area (Å²) >= 11 is 0. The number of carbonyl (C=O) groups excluding carboxylic acids is 2. The van der Waals surface area contributed by atoms with E-state index in [-0.39, 0.29) is 24.5 Å². The highest BCUT2D eigenvalue weighted by molar-refractivity contribution is 6.38. The Hall–Kier alpha value is -2.95. The molecule has 3 rings (SSSR count). The van der Waals surface area contributed by atoms with Crippen molar-refractivity contribution in [3.8, 4) is 5.75 Å². The van der Waals surface area contributed by atoms with E-state index in [2.05, 4.69) is 5.10 Å². The van der Waals surface area contributed by atoms with Gasteiger partial charge in [0.2, 0.25) is 5.91 Å². The SMILES string of the molecule is Cc1cccc(C)c1OC(=O)C1=NN(c2ccccc2)C(=O)CC1. The van der Waals surface area contributed by atoms with Crippen LogP contribution in [-0.4, -0.2) is 17.6 Å². The van der Waals surface area contributed by atoms with Crippen molar-refractivity contribution >= 4 is 23.3 Å². The van der Waals surface area contributed by atoms with Crippen LogP contribution in [0.3, 0.4) is 0 Å². The van der Waals surface area contributed by atoms with Gasteiger partial charge in [-0.15, -0.1) is 0 Å². The molecule has 24 heavy (non-hydrogen) atoms. The number of anilines is 1.